The van der Waals surface area contributed by atoms with Crippen LogP contribution < -0.4 is 0 Å². The van der Waals surface area contributed by atoms with Crippen LogP contribution in [0.2, 0.25) is 0 Å². The predicted molar refractivity (Wildman–Crippen MR) is 102 cm³/mol. The van der Waals surface area contributed by atoms with Crippen LogP contribution >= 0.6 is 0 Å². The molecule has 2 heterocycles. The van der Waals surface area contributed by atoms with Gasteiger partial charge < -0.3 is 14.6 Å². The van der Waals surface area contributed by atoms with Crippen molar-refractivity contribution in [2.75, 3.05) is 6.54 Å². The number of ketones is 1. The zero-order valence-corrected chi connectivity index (χ0v) is 15.5. The molecule has 6 nitrogen and oxygen atoms in total. The van der Waals surface area contributed by atoms with Crippen LogP contribution in [0.1, 0.15) is 37.7 Å². The van der Waals surface area contributed by atoms with Crippen LogP contribution in [0.15, 0.2) is 55.1 Å². The second-order valence-corrected chi connectivity index (χ2v) is 6.79. The summed E-state index contributed by atoms with van der Waals surface area (Å²) in [5, 5.41) is 9.53. The molecule has 0 bridgehead atoms. The summed E-state index contributed by atoms with van der Waals surface area (Å²) in [5.41, 5.74) is 0.759. The summed E-state index contributed by atoms with van der Waals surface area (Å²) in [6, 6.07) is 6.27. The number of aromatic nitrogens is 2. The SMILES string of the molecule is CCCC=CC1C(c2ccc(O)cc2)C(=O)C(=O)N1CCCn1ccnc1. The van der Waals surface area contributed by atoms with E-state index in [2.05, 4.69) is 11.9 Å². The van der Waals surface area contributed by atoms with Gasteiger partial charge in [0, 0.05) is 25.5 Å². The standard InChI is InChI=1S/C21H25N3O3/c1-2-3-4-6-18-19(16-7-9-17(25)10-8-16)20(26)21(27)24(18)13-5-12-23-14-11-22-15-23/h4,6-11,14-15,18-19,25H,2-3,5,12-13H2,1H3. The molecule has 1 aromatic carbocycles. The molecule has 2 atom stereocenters. The van der Waals surface area contributed by atoms with Crippen LogP contribution in [0.25, 0.3) is 0 Å². The second-order valence-electron chi connectivity index (χ2n) is 6.79. The van der Waals surface area contributed by atoms with Crippen molar-refractivity contribution in [1.82, 2.24) is 14.5 Å². The monoisotopic (exact) mass is 367 g/mol. The summed E-state index contributed by atoms with van der Waals surface area (Å²) < 4.78 is 1.96. The zero-order valence-electron chi connectivity index (χ0n) is 15.5. The highest BCUT2D eigenvalue weighted by Crippen LogP contribution is 2.33. The molecule has 3 rings (SSSR count). The van der Waals surface area contributed by atoms with Crippen molar-refractivity contribution in [2.24, 2.45) is 0 Å². The van der Waals surface area contributed by atoms with E-state index in [4.69, 9.17) is 0 Å². The summed E-state index contributed by atoms with van der Waals surface area (Å²) in [6.07, 6.45) is 12.1. The van der Waals surface area contributed by atoms with E-state index in [0.717, 1.165) is 31.4 Å². The van der Waals surface area contributed by atoms with Gasteiger partial charge in [0.25, 0.3) is 5.91 Å². The van der Waals surface area contributed by atoms with E-state index in [-0.39, 0.29) is 17.6 Å². The Balaban J connectivity index is 1.80. The molecular weight excluding hydrogens is 342 g/mol. The van der Waals surface area contributed by atoms with E-state index >= 15 is 0 Å². The van der Waals surface area contributed by atoms with Gasteiger partial charge in [-0.1, -0.05) is 37.6 Å². The van der Waals surface area contributed by atoms with Gasteiger partial charge in [0.05, 0.1) is 18.3 Å². The lowest BCUT2D eigenvalue weighted by Gasteiger charge is -2.25. The first-order valence-corrected chi connectivity index (χ1v) is 9.38. The van der Waals surface area contributed by atoms with E-state index in [1.807, 2.05) is 22.9 Å². The highest BCUT2D eigenvalue weighted by molar-refractivity contribution is 6.40. The number of likely N-dealkylation sites (tertiary alicyclic amines) is 1. The van der Waals surface area contributed by atoms with Crippen LogP contribution in [-0.2, 0) is 16.1 Å². The Kier molecular flexibility index (Phi) is 6.06. The molecule has 1 fully saturated rings. The largest absolute Gasteiger partial charge is 0.508 e. The topological polar surface area (TPSA) is 75.4 Å². The Hall–Kier alpha value is -2.89. The number of carbonyl (C=O) groups excluding carboxylic acids is 2. The zero-order chi connectivity index (χ0) is 19.2. The number of benzene rings is 1. The fourth-order valence-corrected chi connectivity index (χ4v) is 3.49. The maximum absolute atomic E-state index is 12.7. The summed E-state index contributed by atoms with van der Waals surface area (Å²) in [6.45, 7) is 3.35. The Morgan fingerprint density at radius 1 is 1.19 bits per heavy atom. The van der Waals surface area contributed by atoms with E-state index in [1.165, 1.54) is 0 Å². The van der Waals surface area contributed by atoms with Crippen molar-refractivity contribution in [3.63, 3.8) is 0 Å². The Labute approximate surface area is 159 Å². The molecule has 1 aliphatic heterocycles. The lowest BCUT2D eigenvalue weighted by atomic mass is 9.90. The van der Waals surface area contributed by atoms with Crippen molar-refractivity contribution in [2.45, 2.75) is 44.7 Å². The maximum Gasteiger partial charge on any atom is 0.291 e. The molecule has 0 spiro atoms. The molecule has 0 aliphatic carbocycles. The first-order chi connectivity index (χ1) is 13.1. The van der Waals surface area contributed by atoms with Crippen molar-refractivity contribution < 1.29 is 14.7 Å². The van der Waals surface area contributed by atoms with E-state index in [1.54, 1.807) is 41.7 Å². The average molecular weight is 367 g/mol. The highest BCUT2D eigenvalue weighted by Gasteiger charge is 2.46. The lowest BCUT2D eigenvalue weighted by Crippen LogP contribution is -2.35. The molecule has 1 N–H and O–H groups in total. The van der Waals surface area contributed by atoms with Crippen molar-refractivity contribution in [3.8, 4) is 5.75 Å². The minimum Gasteiger partial charge on any atom is -0.508 e. The third-order valence-electron chi connectivity index (χ3n) is 4.87. The molecule has 142 valence electrons. The van der Waals surface area contributed by atoms with Gasteiger partial charge in [-0.3, -0.25) is 9.59 Å². The van der Waals surface area contributed by atoms with Crippen LogP contribution in [-0.4, -0.2) is 43.8 Å². The van der Waals surface area contributed by atoms with Crippen LogP contribution in [0.4, 0.5) is 0 Å². The summed E-state index contributed by atoms with van der Waals surface area (Å²) >= 11 is 0. The molecule has 27 heavy (non-hydrogen) atoms. The third-order valence-corrected chi connectivity index (χ3v) is 4.87. The fraction of sp³-hybridized carbons (Fsp3) is 0.381. The Morgan fingerprint density at radius 3 is 2.63 bits per heavy atom. The van der Waals surface area contributed by atoms with Crippen molar-refractivity contribution in [1.29, 1.82) is 0 Å². The lowest BCUT2D eigenvalue weighted by molar-refractivity contribution is -0.140. The van der Waals surface area contributed by atoms with Gasteiger partial charge in [0.15, 0.2) is 0 Å². The minimum atomic E-state index is -0.528. The number of hydrogen-bond donors (Lipinski definition) is 1. The number of Topliss-reactive ketones (excluding diaryl/α,β-unsaturated/α-hetero) is 1. The molecular formula is C21H25N3O3. The van der Waals surface area contributed by atoms with Gasteiger partial charge in [-0.15, -0.1) is 0 Å². The molecule has 2 unspecified atom stereocenters. The van der Waals surface area contributed by atoms with Gasteiger partial charge in [-0.2, -0.15) is 0 Å². The van der Waals surface area contributed by atoms with Crippen LogP contribution in [0, 0.1) is 0 Å². The van der Waals surface area contributed by atoms with E-state index in [9.17, 15) is 14.7 Å². The van der Waals surface area contributed by atoms with E-state index < -0.39 is 11.8 Å². The number of allylic oxidation sites excluding steroid dienone is 1. The van der Waals surface area contributed by atoms with Crippen molar-refractivity contribution in [3.05, 3.63) is 60.7 Å². The summed E-state index contributed by atoms with van der Waals surface area (Å²) in [5.74, 6) is -1.19. The number of imidazole rings is 1. The van der Waals surface area contributed by atoms with Gasteiger partial charge in [-0.25, -0.2) is 4.98 Å². The van der Waals surface area contributed by atoms with Gasteiger partial charge in [0.2, 0.25) is 5.78 Å². The quantitative estimate of drug-likeness (QED) is 0.575. The summed E-state index contributed by atoms with van der Waals surface area (Å²) in [4.78, 5) is 31.1. The number of phenolic OH excluding ortho intramolecular Hbond substituents is 1. The fourth-order valence-electron chi connectivity index (χ4n) is 3.49. The molecule has 2 aromatic rings. The highest BCUT2D eigenvalue weighted by atomic mass is 16.3. The normalized spacial score (nSPS) is 20.1. The van der Waals surface area contributed by atoms with Gasteiger partial charge in [-0.05, 0) is 30.5 Å². The number of carbonyl (C=O) groups is 2. The number of phenols is 1. The number of unbranched alkanes of at least 4 members (excludes halogenated alkanes) is 1. The summed E-state index contributed by atoms with van der Waals surface area (Å²) in [7, 11) is 0. The van der Waals surface area contributed by atoms with Gasteiger partial charge >= 0.3 is 0 Å². The average Bonchev–Trinajstić information content (AvgIpc) is 3.26. The number of hydrogen-bond acceptors (Lipinski definition) is 4. The molecule has 1 saturated heterocycles. The molecule has 1 aliphatic rings. The van der Waals surface area contributed by atoms with Crippen LogP contribution in [0.3, 0.4) is 0 Å². The molecule has 1 amide bonds. The minimum absolute atomic E-state index is 0.144. The van der Waals surface area contributed by atoms with Crippen molar-refractivity contribution >= 4 is 11.7 Å². The molecule has 1 aromatic heterocycles. The smallest absolute Gasteiger partial charge is 0.291 e. The number of amides is 1. The maximum atomic E-state index is 12.7. The van der Waals surface area contributed by atoms with Gasteiger partial charge in [0.1, 0.15) is 5.75 Å². The molecule has 0 saturated carbocycles. The Bertz CT molecular complexity index is 797. The molecule has 0 radical (unpaired) electrons. The predicted octanol–water partition coefficient (Wildman–Crippen LogP) is 2.90. The number of nitrogens with zero attached hydrogens (tertiary/aromatic N) is 3. The first-order valence-electron chi connectivity index (χ1n) is 9.38. The second kappa shape index (κ2) is 8.66. The number of rotatable bonds is 8. The van der Waals surface area contributed by atoms with E-state index in [0.29, 0.717) is 6.54 Å². The first kappa shape index (κ1) is 18.9. The third kappa shape index (κ3) is 4.27. The number of aryl methyl sites for hydroxylation is 1. The molecule has 6 heteroatoms. The Morgan fingerprint density at radius 2 is 1.96 bits per heavy atom. The number of aromatic hydroxyl groups is 1. The van der Waals surface area contributed by atoms with Crippen LogP contribution in [0.5, 0.6) is 5.75 Å².